The second-order valence-electron chi connectivity index (χ2n) is 3.11. The van der Waals surface area contributed by atoms with Crippen molar-refractivity contribution < 1.29 is 80.3 Å². The molecule has 24 heavy (non-hydrogen) atoms. The summed E-state index contributed by atoms with van der Waals surface area (Å²) in [4.78, 5) is 37.9. The Morgan fingerprint density at radius 2 is 0.542 bits per heavy atom. The van der Waals surface area contributed by atoms with Gasteiger partial charge in [0.2, 0.25) is 0 Å². The van der Waals surface area contributed by atoms with E-state index in [1.54, 1.807) is 27.7 Å². The summed E-state index contributed by atoms with van der Waals surface area (Å²) in [5, 5.41) is 0. The quantitative estimate of drug-likeness (QED) is 0.311. The van der Waals surface area contributed by atoms with Crippen molar-refractivity contribution >= 4 is 23.6 Å². The predicted octanol–water partition coefficient (Wildman–Crippen LogP) is -2.10. The van der Waals surface area contributed by atoms with Crippen LogP contribution in [-0.2, 0) is 70.9 Å². The number of rotatable bonds is 4. The van der Waals surface area contributed by atoms with Crippen molar-refractivity contribution in [2.45, 2.75) is 53.4 Å². The molecule has 0 heterocycles. The van der Waals surface area contributed by atoms with Gasteiger partial charge in [-0.3, -0.25) is 0 Å². The van der Waals surface area contributed by atoms with E-state index in [0.717, 1.165) is 0 Å². The first kappa shape index (κ1) is 49.5. The topological polar surface area (TPSA) is 163 Å². The van der Waals surface area contributed by atoms with Crippen molar-refractivity contribution in [3.05, 3.63) is 22.9 Å². The maximum absolute atomic E-state index is 9.48. The molecular weight excluding hydrogens is 659 g/mol. The van der Waals surface area contributed by atoms with E-state index in [4.69, 9.17) is 22.9 Å². The third kappa shape index (κ3) is 161. The number of halogens is 2. The molecule has 0 spiro atoms. The van der Waals surface area contributed by atoms with E-state index in [-0.39, 0.29) is 61.1 Å². The molecule has 0 saturated carbocycles. The fourth-order valence-electron chi connectivity index (χ4n) is 0. The zero-order valence-corrected chi connectivity index (χ0v) is 21.4. The van der Waals surface area contributed by atoms with Crippen molar-refractivity contribution in [2.24, 2.45) is 0 Å². The number of carbonyl (C=O) groups is 4. The van der Waals surface area contributed by atoms with Crippen molar-refractivity contribution in [1.29, 1.82) is 0 Å². The van der Waals surface area contributed by atoms with E-state index >= 15 is 0 Å². The van der Waals surface area contributed by atoms with Gasteiger partial charge in [-0.2, -0.15) is 0 Å². The molecule has 0 aromatic carbocycles. The monoisotopic (exact) mass is 686 g/mol. The number of amides is 4. The smallest absolute Gasteiger partial charge is 0.0484 e. The maximum Gasteiger partial charge on any atom is 0.0484 e. The summed E-state index contributed by atoms with van der Waals surface area (Å²) in [5.74, 6) is -1.98. The standard InChI is InChI=1S/4C3H7NO.2FH.2Hf/c4*1-2-3(4)5;;;;/h4*2H2,1H3,(H2,4,5);2*1H;;/p-6. The van der Waals surface area contributed by atoms with Crippen molar-refractivity contribution in [3.8, 4) is 0 Å². The summed E-state index contributed by atoms with van der Waals surface area (Å²) in [5.41, 5.74) is 24.8. The van der Waals surface area contributed by atoms with E-state index in [1.165, 1.54) is 0 Å². The average Bonchev–Trinajstić information content (AvgIpc) is 2.40. The fraction of sp³-hybridized carbons (Fsp3) is 0.667. The van der Waals surface area contributed by atoms with E-state index < -0.39 is 23.6 Å². The minimum Gasteiger partial charge on any atom is -1.00 e. The third-order valence-electron chi connectivity index (χ3n) is 1.28. The number of hydrogen-bond acceptors (Lipinski definition) is 4. The van der Waals surface area contributed by atoms with Crippen molar-refractivity contribution in [2.75, 3.05) is 0 Å². The molecule has 0 saturated heterocycles. The first-order chi connectivity index (χ1) is 9.08. The number of carbonyl (C=O) groups excluding carboxylic acids is 4. The first-order valence-corrected chi connectivity index (χ1v) is 6.06. The SMILES string of the molecule is CCC([NH-])=O.CCC([NH-])=O.CCC([NH-])=O.CCC([NH-])=O.[F-].[F-].[Hf].[Hf]. The molecule has 144 valence electrons. The van der Waals surface area contributed by atoms with Crippen molar-refractivity contribution in [3.63, 3.8) is 0 Å². The van der Waals surface area contributed by atoms with Gasteiger partial charge in [0.1, 0.15) is 0 Å². The second kappa shape index (κ2) is 43.3. The van der Waals surface area contributed by atoms with Gasteiger partial charge in [0.05, 0.1) is 0 Å². The zero-order chi connectivity index (χ0) is 17.1. The Morgan fingerprint density at radius 3 is 0.542 bits per heavy atom. The second-order valence-corrected chi connectivity index (χ2v) is 3.11. The average molecular weight is 683 g/mol. The van der Waals surface area contributed by atoms with Crippen LogP contribution >= 0.6 is 0 Å². The molecule has 0 unspecified atom stereocenters. The Kier molecular flexibility index (Phi) is 89.3. The van der Waals surface area contributed by atoms with E-state index in [2.05, 4.69) is 0 Å². The number of hydrogen-bond donors (Lipinski definition) is 0. The van der Waals surface area contributed by atoms with Crippen LogP contribution in [0.25, 0.3) is 22.9 Å². The summed E-state index contributed by atoms with van der Waals surface area (Å²) in [6.07, 6.45) is 1.33. The zero-order valence-electron chi connectivity index (χ0n) is 14.2. The number of nitrogens with one attached hydrogen (secondary N) is 4. The van der Waals surface area contributed by atoms with Crippen LogP contribution < -0.4 is 9.41 Å². The van der Waals surface area contributed by atoms with Gasteiger partial charge >= 0.3 is 0 Å². The van der Waals surface area contributed by atoms with Gasteiger partial charge in [-0.1, -0.05) is 27.7 Å². The molecule has 0 bridgehead atoms. The molecule has 8 nitrogen and oxygen atoms in total. The molecule has 0 aromatic heterocycles. The molecule has 4 amide bonds. The van der Waals surface area contributed by atoms with Crippen LogP contribution in [0, 0.1) is 0 Å². The molecule has 0 aliphatic carbocycles. The van der Waals surface area contributed by atoms with Crippen LogP contribution in [0.4, 0.5) is 0 Å². The van der Waals surface area contributed by atoms with Crippen LogP contribution in [0.5, 0.6) is 0 Å². The Morgan fingerprint density at radius 1 is 0.500 bits per heavy atom. The summed E-state index contributed by atoms with van der Waals surface area (Å²) < 4.78 is 0. The molecule has 0 fully saturated rings. The normalized spacial score (nSPS) is 6.17. The summed E-state index contributed by atoms with van der Waals surface area (Å²) in [7, 11) is 0. The minimum absolute atomic E-state index is 0. The Bertz CT molecular complexity index is 244. The molecule has 0 aliphatic rings. The molecule has 0 aromatic rings. The van der Waals surface area contributed by atoms with Crippen LogP contribution in [0.15, 0.2) is 0 Å². The van der Waals surface area contributed by atoms with Crippen LogP contribution in [0.1, 0.15) is 53.4 Å². The van der Waals surface area contributed by atoms with Gasteiger partial charge in [-0.25, -0.2) is 0 Å². The maximum atomic E-state index is 9.48. The molecule has 0 rings (SSSR count). The first-order valence-electron chi connectivity index (χ1n) is 6.06. The Balaban J connectivity index is -0.0000000225. The van der Waals surface area contributed by atoms with E-state index in [1.807, 2.05) is 0 Å². The molecular formula is C12H24F2Hf2N4O4-6. The Labute approximate surface area is 179 Å². The summed E-state index contributed by atoms with van der Waals surface area (Å²) in [6, 6.07) is 0. The van der Waals surface area contributed by atoms with Gasteiger partial charge < -0.3 is 51.5 Å². The van der Waals surface area contributed by atoms with Gasteiger partial charge in [0.25, 0.3) is 0 Å². The summed E-state index contributed by atoms with van der Waals surface area (Å²) in [6.45, 7) is 6.65. The minimum atomic E-state index is -0.495. The third-order valence-corrected chi connectivity index (χ3v) is 1.28. The van der Waals surface area contributed by atoms with E-state index in [9.17, 15) is 19.2 Å². The van der Waals surface area contributed by atoms with Gasteiger partial charge in [-0.15, -0.1) is 0 Å². The van der Waals surface area contributed by atoms with Crippen LogP contribution in [-0.4, -0.2) is 23.6 Å². The molecule has 0 radical (unpaired) electrons. The van der Waals surface area contributed by atoms with Gasteiger partial charge in [0, 0.05) is 75.3 Å². The van der Waals surface area contributed by atoms with Crippen LogP contribution in [0.3, 0.4) is 0 Å². The van der Waals surface area contributed by atoms with Gasteiger partial charge in [0.15, 0.2) is 0 Å². The van der Waals surface area contributed by atoms with Crippen LogP contribution in [0.2, 0.25) is 0 Å². The largest absolute Gasteiger partial charge is 1.00 e. The molecule has 4 N–H and O–H groups in total. The fourth-order valence-corrected chi connectivity index (χ4v) is 0. The molecule has 0 aliphatic heterocycles. The molecule has 0 atom stereocenters. The molecule has 12 heteroatoms. The predicted molar refractivity (Wildman–Crippen MR) is 78.5 cm³/mol. The Hall–Kier alpha value is -0.520. The van der Waals surface area contributed by atoms with Gasteiger partial charge in [-0.05, 0) is 25.7 Å². The van der Waals surface area contributed by atoms with Crippen molar-refractivity contribution in [1.82, 2.24) is 0 Å². The summed E-state index contributed by atoms with van der Waals surface area (Å²) >= 11 is 0. The van der Waals surface area contributed by atoms with E-state index in [0.29, 0.717) is 25.7 Å².